The second-order valence-corrected chi connectivity index (χ2v) is 7.95. The molecular weight excluding hydrogens is 316 g/mol. The molecule has 0 saturated carbocycles. The number of hydrogen-bond donors (Lipinski definition) is 1. The topological polar surface area (TPSA) is 78.2 Å². The highest BCUT2D eigenvalue weighted by Gasteiger charge is 2.25. The number of piperidine rings is 1. The first-order valence-corrected chi connectivity index (χ1v) is 9.64. The van der Waals surface area contributed by atoms with Gasteiger partial charge in [-0.15, -0.1) is 0 Å². The Morgan fingerprint density at radius 1 is 1.48 bits per heavy atom. The highest BCUT2D eigenvalue weighted by molar-refractivity contribution is 7.88. The molecule has 2 rings (SSSR count). The van der Waals surface area contributed by atoms with Crippen LogP contribution in [0.5, 0.6) is 0 Å². The second kappa shape index (κ2) is 7.83. The Morgan fingerprint density at radius 2 is 2.17 bits per heavy atom. The van der Waals surface area contributed by atoms with E-state index in [1.54, 1.807) is 17.6 Å². The molecule has 1 aromatic heterocycles. The third kappa shape index (κ3) is 5.24. The molecule has 7 nitrogen and oxygen atoms in total. The summed E-state index contributed by atoms with van der Waals surface area (Å²) in [5.41, 5.74) is 0. The minimum Gasteiger partial charge on any atom is -0.467 e. The molecule has 0 aliphatic carbocycles. The molecule has 0 bridgehead atoms. The molecule has 130 valence electrons. The lowest BCUT2D eigenvalue weighted by Crippen LogP contribution is -2.44. The van der Waals surface area contributed by atoms with Gasteiger partial charge in [-0.25, -0.2) is 12.7 Å². The summed E-state index contributed by atoms with van der Waals surface area (Å²) in [4.78, 5) is 6.30. The molecule has 2 heterocycles. The van der Waals surface area contributed by atoms with Crippen LogP contribution < -0.4 is 5.32 Å². The van der Waals surface area contributed by atoms with Crippen molar-refractivity contribution in [2.75, 3.05) is 40.0 Å². The fourth-order valence-corrected chi connectivity index (χ4v) is 3.65. The molecule has 0 atom stereocenters. The fraction of sp³-hybridized carbons (Fsp3) is 0.667. The van der Waals surface area contributed by atoms with Crippen LogP contribution in [-0.4, -0.2) is 63.6 Å². The van der Waals surface area contributed by atoms with Gasteiger partial charge in [-0.05, 0) is 30.9 Å². The quantitative estimate of drug-likeness (QED) is 0.637. The summed E-state index contributed by atoms with van der Waals surface area (Å²) in [6.45, 7) is 2.66. The van der Waals surface area contributed by atoms with E-state index in [0.29, 0.717) is 25.6 Å². The number of guanidine groups is 1. The van der Waals surface area contributed by atoms with Crippen molar-refractivity contribution in [1.82, 2.24) is 14.5 Å². The molecule has 1 aliphatic rings. The lowest BCUT2D eigenvalue weighted by Gasteiger charge is -2.31. The lowest BCUT2D eigenvalue weighted by molar-refractivity contribution is 0.273. The maximum Gasteiger partial charge on any atom is 0.211 e. The van der Waals surface area contributed by atoms with Gasteiger partial charge in [-0.3, -0.25) is 4.99 Å². The maximum atomic E-state index is 11.5. The monoisotopic (exact) mass is 342 g/mol. The minimum atomic E-state index is -3.06. The zero-order valence-corrected chi connectivity index (χ0v) is 14.8. The van der Waals surface area contributed by atoms with Crippen LogP contribution in [0, 0.1) is 5.92 Å². The van der Waals surface area contributed by atoms with Gasteiger partial charge in [0.15, 0.2) is 5.96 Å². The van der Waals surface area contributed by atoms with Gasteiger partial charge in [0.1, 0.15) is 5.76 Å². The Hall–Kier alpha value is -1.54. The first-order chi connectivity index (χ1) is 10.9. The van der Waals surface area contributed by atoms with Gasteiger partial charge in [-0.2, -0.15) is 0 Å². The van der Waals surface area contributed by atoms with Crippen molar-refractivity contribution in [2.45, 2.75) is 19.4 Å². The molecule has 0 spiro atoms. The molecule has 0 amide bonds. The van der Waals surface area contributed by atoms with Crippen molar-refractivity contribution in [2.24, 2.45) is 10.9 Å². The van der Waals surface area contributed by atoms with E-state index in [4.69, 9.17) is 4.42 Å². The largest absolute Gasteiger partial charge is 0.467 e. The van der Waals surface area contributed by atoms with Crippen molar-refractivity contribution < 1.29 is 12.8 Å². The van der Waals surface area contributed by atoms with Crippen molar-refractivity contribution in [3.05, 3.63) is 24.2 Å². The van der Waals surface area contributed by atoms with Gasteiger partial charge in [0.25, 0.3) is 0 Å². The number of aliphatic imine (C=N–C) groups is 1. The van der Waals surface area contributed by atoms with Gasteiger partial charge in [0.05, 0.1) is 19.1 Å². The van der Waals surface area contributed by atoms with E-state index in [1.807, 2.05) is 24.1 Å². The second-order valence-electron chi connectivity index (χ2n) is 5.97. The number of hydrogen-bond acceptors (Lipinski definition) is 4. The fourth-order valence-electron chi connectivity index (χ4n) is 2.78. The summed E-state index contributed by atoms with van der Waals surface area (Å²) in [5, 5.41) is 3.37. The van der Waals surface area contributed by atoms with E-state index < -0.39 is 10.0 Å². The van der Waals surface area contributed by atoms with Crippen LogP contribution in [-0.2, 0) is 16.6 Å². The molecule has 0 radical (unpaired) electrons. The number of rotatable bonds is 5. The van der Waals surface area contributed by atoms with E-state index in [1.165, 1.54) is 6.26 Å². The van der Waals surface area contributed by atoms with Crippen LogP contribution >= 0.6 is 0 Å². The van der Waals surface area contributed by atoms with Crippen LogP contribution in [0.2, 0.25) is 0 Å². The molecule has 0 aromatic carbocycles. The van der Waals surface area contributed by atoms with E-state index in [-0.39, 0.29) is 0 Å². The van der Waals surface area contributed by atoms with Gasteiger partial charge in [-0.1, -0.05) is 0 Å². The summed E-state index contributed by atoms with van der Waals surface area (Å²) >= 11 is 0. The average molecular weight is 342 g/mol. The van der Waals surface area contributed by atoms with Crippen LogP contribution in [0.1, 0.15) is 18.6 Å². The zero-order valence-electron chi connectivity index (χ0n) is 14.0. The first-order valence-electron chi connectivity index (χ1n) is 7.79. The predicted molar refractivity (Wildman–Crippen MR) is 90.7 cm³/mol. The van der Waals surface area contributed by atoms with E-state index in [9.17, 15) is 8.42 Å². The van der Waals surface area contributed by atoms with Crippen LogP contribution in [0.25, 0.3) is 0 Å². The van der Waals surface area contributed by atoms with Crippen LogP contribution in [0.15, 0.2) is 27.8 Å². The van der Waals surface area contributed by atoms with Gasteiger partial charge >= 0.3 is 0 Å². The molecule has 0 unspecified atom stereocenters. The van der Waals surface area contributed by atoms with E-state index >= 15 is 0 Å². The average Bonchev–Trinajstić information content (AvgIpc) is 3.00. The van der Waals surface area contributed by atoms with Gasteiger partial charge in [0, 0.05) is 33.7 Å². The van der Waals surface area contributed by atoms with Crippen molar-refractivity contribution in [1.29, 1.82) is 0 Å². The molecule has 1 aliphatic heterocycles. The third-order valence-corrected chi connectivity index (χ3v) is 5.44. The van der Waals surface area contributed by atoms with Gasteiger partial charge < -0.3 is 14.6 Å². The molecule has 1 saturated heterocycles. The SMILES string of the molecule is CN=C(NCC1CCN(S(C)(=O)=O)CC1)N(C)Cc1ccco1. The first kappa shape index (κ1) is 17.8. The number of nitrogens with one attached hydrogen (secondary N) is 1. The van der Waals surface area contributed by atoms with Gasteiger partial charge in [0.2, 0.25) is 10.0 Å². The maximum absolute atomic E-state index is 11.5. The highest BCUT2D eigenvalue weighted by atomic mass is 32.2. The normalized spacial score (nSPS) is 18.1. The Kier molecular flexibility index (Phi) is 6.06. The van der Waals surface area contributed by atoms with Crippen LogP contribution in [0.4, 0.5) is 0 Å². The zero-order chi connectivity index (χ0) is 16.9. The summed E-state index contributed by atoms with van der Waals surface area (Å²) in [6.07, 6.45) is 4.68. The van der Waals surface area contributed by atoms with Crippen molar-refractivity contribution in [3.8, 4) is 0 Å². The minimum absolute atomic E-state index is 0.460. The number of sulfonamides is 1. The Morgan fingerprint density at radius 3 is 2.70 bits per heavy atom. The lowest BCUT2D eigenvalue weighted by atomic mass is 9.98. The summed E-state index contributed by atoms with van der Waals surface area (Å²) in [5.74, 6) is 2.16. The van der Waals surface area contributed by atoms with E-state index in [2.05, 4.69) is 10.3 Å². The Bertz CT molecular complexity index is 605. The van der Waals surface area contributed by atoms with E-state index in [0.717, 1.165) is 31.1 Å². The smallest absolute Gasteiger partial charge is 0.211 e. The Balaban J connectivity index is 1.78. The van der Waals surface area contributed by atoms with Crippen LogP contribution in [0.3, 0.4) is 0 Å². The number of furan rings is 1. The van der Waals surface area contributed by atoms with Crippen molar-refractivity contribution in [3.63, 3.8) is 0 Å². The number of nitrogens with zero attached hydrogens (tertiary/aromatic N) is 3. The molecular formula is C15H26N4O3S. The standard InChI is InChI=1S/C15H26N4O3S/c1-16-15(18(2)12-14-5-4-10-22-14)17-11-13-6-8-19(9-7-13)23(3,20)21/h4-5,10,13H,6-9,11-12H2,1-3H3,(H,16,17). The Labute approximate surface area is 138 Å². The summed E-state index contributed by atoms with van der Waals surface area (Å²) in [6, 6.07) is 3.81. The predicted octanol–water partition coefficient (Wildman–Crippen LogP) is 0.958. The van der Waals surface area contributed by atoms with Crippen molar-refractivity contribution >= 4 is 16.0 Å². The molecule has 1 fully saturated rings. The molecule has 23 heavy (non-hydrogen) atoms. The third-order valence-electron chi connectivity index (χ3n) is 4.14. The highest BCUT2D eigenvalue weighted by Crippen LogP contribution is 2.18. The molecule has 1 N–H and O–H groups in total. The summed E-state index contributed by atoms with van der Waals surface area (Å²) < 4.78 is 30.0. The summed E-state index contributed by atoms with van der Waals surface area (Å²) in [7, 11) is 0.662. The molecule has 8 heteroatoms. The molecule has 1 aromatic rings.